The Morgan fingerprint density at radius 2 is 2.33 bits per heavy atom. The summed E-state index contributed by atoms with van der Waals surface area (Å²) in [5.41, 5.74) is 1.21. The van der Waals surface area contributed by atoms with Gasteiger partial charge in [0.25, 0.3) is 0 Å². The lowest BCUT2D eigenvalue weighted by atomic mass is 10.2. The summed E-state index contributed by atoms with van der Waals surface area (Å²) < 4.78 is 2.33. The Kier molecular flexibility index (Phi) is 4.64. The highest BCUT2D eigenvalue weighted by atomic mass is 15.3. The maximum atomic E-state index is 4.79. The Labute approximate surface area is 110 Å². The van der Waals surface area contributed by atoms with Gasteiger partial charge in [0.05, 0.1) is 5.69 Å². The maximum absolute atomic E-state index is 4.79. The summed E-state index contributed by atoms with van der Waals surface area (Å²) in [6, 6.07) is 0.595. The summed E-state index contributed by atoms with van der Waals surface area (Å²) in [7, 11) is 2.18. The second-order valence-electron chi connectivity index (χ2n) is 5.19. The van der Waals surface area contributed by atoms with Crippen molar-refractivity contribution in [3.05, 3.63) is 11.9 Å². The van der Waals surface area contributed by atoms with E-state index >= 15 is 0 Å². The van der Waals surface area contributed by atoms with Crippen LogP contribution in [0.4, 0.5) is 5.95 Å². The first-order valence-electron chi connectivity index (χ1n) is 7.25. The standard InChI is InChI=1S/C14H26N4/c1-4-6-9-18-11-12(5-2)16-14(18)17(3)13-7-8-15-10-13/h11,13,15H,4-10H2,1-3H3. The van der Waals surface area contributed by atoms with Gasteiger partial charge in [0.1, 0.15) is 0 Å². The molecular weight excluding hydrogens is 224 g/mol. The van der Waals surface area contributed by atoms with Gasteiger partial charge in [-0.25, -0.2) is 4.98 Å². The molecule has 1 aromatic rings. The molecule has 0 bridgehead atoms. The quantitative estimate of drug-likeness (QED) is 0.839. The van der Waals surface area contributed by atoms with Gasteiger partial charge in [0, 0.05) is 32.4 Å². The summed E-state index contributed by atoms with van der Waals surface area (Å²) in [4.78, 5) is 7.14. The number of nitrogens with one attached hydrogen (secondary N) is 1. The number of aryl methyl sites for hydroxylation is 2. The van der Waals surface area contributed by atoms with E-state index < -0.39 is 0 Å². The largest absolute Gasteiger partial charge is 0.341 e. The third-order valence-electron chi connectivity index (χ3n) is 3.82. The Hall–Kier alpha value is -1.03. The Bertz CT molecular complexity index is 366. The molecule has 1 aliphatic rings. The van der Waals surface area contributed by atoms with E-state index in [0.29, 0.717) is 6.04 Å². The Morgan fingerprint density at radius 1 is 1.50 bits per heavy atom. The van der Waals surface area contributed by atoms with Crippen molar-refractivity contribution in [3.63, 3.8) is 0 Å². The lowest BCUT2D eigenvalue weighted by Crippen LogP contribution is -2.35. The van der Waals surface area contributed by atoms with Crippen LogP contribution in [0.2, 0.25) is 0 Å². The van der Waals surface area contributed by atoms with Gasteiger partial charge in [-0.3, -0.25) is 0 Å². The molecule has 1 atom stereocenters. The highest BCUT2D eigenvalue weighted by Crippen LogP contribution is 2.19. The van der Waals surface area contributed by atoms with Gasteiger partial charge >= 0.3 is 0 Å². The van der Waals surface area contributed by atoms with Gasteiger partial charge < -0.3 is 14.8 Å². The number of imidazole rings is 1. The van der Waals surface area contributed by atoms with Crippen LogP contribution in [0.3, 0.4) is 0 Å². The first-order chi connectivity index (χ1) is 8.76. The fourth-order valence-corrected chi connectivity index (χ4v) is 2.54. The van der Waals surface area contributed by atoms with Gasteiger partial charge in [-0.15, -0.1) is 0 Å². The molecule has 2 heterocycles. The van der Waals surface area contributed by atoms with Crippen molar-refractivity contribution in [2.24, 2.45) is 0 Å². The van der Waals surface area contributed by atoms with Crippen LogP contribution >= 0.6 is 0 Å². The SMILES string of the molecule is CCCCn1cc(CC)nc1N(C)C1CCNC1. The van der Waals surface area contributed by atoms with Crippen LogP contribution in [0.25, 0.3) is 0 Å². The molecule has 1 aromatic heterocycles. The monoisotopic (exact) mass is 250 g/mol. The molecule has 18 heavy (non-hydrogen) atoms. The molecule has 1 unspecified atom stereocenters. The molecule has 2 rings (SSSR count). The van der Waals surface area contributed by atoms with Crippen molar-refractivity contribution in [3.8, 4) is 0 Å². The van der Waals surface area contributed by atoms with Gasteiger partial charge in [0.2, 0.25) is 5.95 Å². The third-order valence-corrected chi connectivity index (χ3v) is 3.82. The normalized spacial score (nSPS) is 19.4. The predicted octanol–water partition coefficient (Wildman–Crippen LogP) is 2.04. The molecule has 0 amide bonds. The molecule has 102 valence electrons. The minimum atomic E-state index is 0.595. The molecule has 0 aromatic carbocycles. The number of likely N-dealkylation sites (N-methyl/N-ethyl adjacent to an activating group) is 1. The molecule has 1 N–H and O–H groups in total. The van der Waals surface area contributed by atoms with E-state index in [9.17, 15) is 0 Å². The van der Waals surface area contributed by atoms with Crippen LogP contribution in [-0.4, -0.2) is 35.7 Å². The summed E-state index contributed by atoms with van der Waals surface area (Å²) in [5, 5.41) is 3.43. The van der Waals surface area contributed by atoms with Crippen LogP contribution in [0, 0.1) is 0 Å². The minimum absolute atomic E-state index is 0.595. The van der Waals surface area contributed by atoms with E-state index in [2.05, 4.69) is 41.9 Å². The average Bonchev–Trinajstić information content (AvgIpc) is 3.04. The molecule has 4 heteroatoms. The van der Waals surface area contributed by atoms with Crippen molar-refractivity contribution < 1.29 is 0 Å². The van der Waals surface area contributed by atoms with Crippen molar-refractivity contribution in [2.75, 3.05) is 25.0 Å². The van der Waals surface area contributed by atoms with Crippen molar-refractivity contribution in [2.45, 2.75) is 52.1 Å². The van der Waals surface area contributed by atoms with Crippen molar-refractivity contribution in [1.82, 2.24) is 14.9 Å². The Balaban J connectivity index is 2.15. The number of unbranched alkanes of at least 4 members (excludes halogenated alkanes) is 1. The third kappa shape index (κ3) is 2.86. The van der Waals surface area contributed by atoms with E-state index in [0.717, 1.165) is 32.0 Å². The lowest BCUT2D eigenvalue weighted by molar-refractivity contribution is 0.596. The van der Waals surface area contributed by atoms with Crippen molar-refractivity contribution in [1.29, 1.82) is 0 Å². The molecule has 1 aliphatic heterocycles. The summed E-state index contributed by atoms with van der Waals surface area (Å²) in [6.07, 6.45) is 6.92. The van der Waals surface area contributed by atoms with Crippen LogP contribution in [-0.2, 0) is 13.0 Å². The summed E-state index contributed by atoms with van der Waals surface area (Å²) in [5.74, 6) is 1.15. The highest BCUT2D eigenvalue weighted by Gasteiger charge is 2.22. The Morgan fingerprint density at radius 3 is 2.94 bits per heavy atom. The molecule has 1 fully saturated rings. The predicted molar refractivity (Wildman–Crippen MR) is 76.2 cm³/mol. The first kappa shape index (κ1) is 13.4. The highest BCUT2D eigenvalue weighted by molar-refractivity contribution is 5.34. The molecule has 4 nitrogen and oxygen atoms in total. The number of rotatable bonds is 6. The van der Waals surface area contributed by atoms with E-state index in [4.69, 9.17) is 4.98 Å². The number of hydrogen-bond acceptors (Lipinski definition) is 3. The number of anilines is 1. The molecule has 0 saturated carbocycles. The zero-order valence-corrected chi connectivity index (χ0v) is 11.9. The smallest absolute Gasteiger partial charge is 0.205 e. The molecule has 0 spiro atoms. The second kappa shape index (κ2) is 6.23. The van der Waals surface area contributed by atoms with E-state index in [1.54, 1.807) is 0 Å². The molecule has 0 radical (unpaired) electrons. The molecular formula is C14H26N4. The fourth-order valence-electron chi connectivity index (χ4n) is 2.54. The lowest BCUT2D eigenvalue weighted by Gasteiger charge is -2.25. The minimum Gasteiger partial charge on any atom is -0.341 e. The van der Waals surface area contributed by atoms with Crippen LogP contribution in [0.1, 0.15) is 38.8 Å². The summed E-state index contributed by atoms with van der Waals surface area (Å²) >= 11 is 0. The van der Waals surface area contributed by atoms with Crippen LogP contribution in [0.5, 0.6) is 0 Å². The average molecular weight is 250 g/mol. The van der Waals surface area contributed by atoms with Gasteiger partial charge in [-0.1, -0.05) is 20.3 Å². The van der Waals surface area contributed by atoms with Crippen LogP contribution < -0.4 is 10.2 Å². The van der Waals surface area contributed by atoms with E-state index in [-0.39, 0.29) is 0 Å². The second-order valence-corrected chi connectivity index (χ2v) is 5.19. The molecule has 0 aliphatic carbocycles. The van der Waals surface area contributed by atoms with E-state index in [1.165, 1.54) is 25.0 Å². The van der Waals surface area contributed by atoms with Crippen LogP contribution in [0.15, 0.2) is 6.20 Å². The van der Waals surface area contributed by atoms with Gasteiger partial charge in [-0.05, 0) is 25.8 Å². The van der Waals surface area contributed by atoms with E-state index in [1.807, 2.05) is 0 Å². The van der Waals surface area contributed by atoms with Crippen molar-refractivity contribution >= 4 is 5.95 Å². The fraction of sp³-hybridized carbons (Fsp3) is 0.786. The number of nitrogens with zero attached hydrogens (tertiary/aromatic N) is 3. The van der Waals surface area contributed by atoms with Gasteiger partial charge in [0.15, 0.2) is 0 Å². The molecule has 1 saturated heterocycles. The topological polar surface area (TPSA) is 33.1 Å². The zero-order valence-electron chi connectivity index (χ0n) is 11.9. The maximum Gasteiger partial charge on any atom is 0.205 e. The first-order valence-corrected chi connectivity index (χ1v) is 7.25. The summed E-state index contributed by atoms with van der Waals surface area (Å²) in [6.45, 7) is 7.71. The zero-order chi connectivity index (χ0) is 13.0. The van der Waals surface area contributed by atoms with Gasteiger partial charge in [-0.2, -0.15) is 0 Å². The number of aromatic nitrogens is 2. The number of hydrogen-bond donors (Lipinski definition) is 1.